The molecule has 0 aromatic heterocycles. The molecular formula is C57H104O6. The normalized spacial score (nSPS) is 12.2. The largest absolute Gasteiger partial charge is 0.462 e. The average Bonchev–Trinajstić information content (AvgIpc) is 3.28. The van der Waals surface area contributed by atoms with Gasteiger partial charge in [0, 0.05) is 19.3 Å². The second kappa shape index (κ2) is 52.3. The smallest absolute Gasteiger partial charge is 0.306 e. The number of hydrogen-bond acceptors (Lipinski definition) is 6. The standard InChI is InChI=1S/C57H104O6/c1-4-7-10-13-16-18-20-22-24-26-28-30-32-34-36-38-41-44-47-50-56(59)62-53-54(52-61-55(58)49-46-43-40-15-12-9-6-3)63-57(60)51-48-45-42-39-37-35-33-31-29-27-25-23-21-19-17-14-11-8-5-2/h16,18,22,24,28,30,54H,4-15,17,19-21,23,25-27,29,31-53H2,1-3H3/b18-16-,24-22-,30-28-. The summed E-state index contributed by atoms with van der Waals surface area (Å²) in [6.45, 7) is 6.59. The Labute approximate surface area is 391 Å². The van der Waals surface area contributed by atoms with Crippen molar-refractivity contribution in [1.82, 2.24) is 0 Å². The second-order valence-electron chi connectivity index (χ2n) is 18.5. The second-order valence-corrected chi connectivity index (χ2v) is 18.5. The molecule has 0 aromatic rings. The van der Waals surface area contributed by atoms with E-state index in [1.54, 1.807) is 0 Å². The highest BCUT2D eigenvalue weighted by molar-refractivity contribution is 5.71. The summed E-state index contributed by atoms with van der Waals surface area (Å²) in [4.78, 5) is 37.9. The molecule has 0 aromatic carbocycles. The molecule has 0 rings (SSSR count). The van der Waals surface area contributed by atoms with Gasteiger partial charge in [0.25, 0.3) is 0 Å². The molecule has 63 heavy (non-hydrogen) atoms. The van der Waals surface area contributed by atoms with Crippen molar-refractivity contribution in [2.24, 2.45) is 0 Å². The maximum atomic E-state index is 12.8. The van der Waals surface area contributed by atoms with Crippen molar-refractivity contribution in [3.8, 4) is 0 Å². The number of carbonyl (C=O) groups excluding carboxylic acids is 3. The van der Waals surface area contributed by atoms with Crippen LogP contribution in [0.1, 0.15) is 290 Å². The Bertz CT molecular complexity index is 1060. The summed E-state index contributed by atoms with van der Waals surface area (Å²) < 4.78 is 16.8. The van der Waals surface area contributed by atoms with Crippen LogP contribution in [0.25, 0.3) is 0 Å². The van der Waals surface area contributed by atoms with Crippen LogP contribution in [0.2, 0.25) is 0 Å². The summed E-state index contributed by atoms with van der Waals surface area (Å²) in [5.74, 6) is -0.878. The van der Waals surface area contributed by atoms with E-state index in [0.717, 1.165) is 77.0 Å². The van der Waals surface area contributed by atoms with Crippen LogP contribution in [0.3, 0.4) is 0 Å². The Hall–Kier alpha value is -2.37. The molecule has 0 saturated heterocycles. The highest BCUT2D eigenvalue weighted by Crippen LogP contribution is 2.16. The van der Waals surface area contributed by atoms with Crippen molar-refractivity contribution in [1.29, 1.82) is 0 Å². The van der Waals surface area contributed by atoms with Crippen molar-refractivity contribution >= 4 is 17.9 Å². The van der Waals surface area contributed by atoms with Gasteiger partial charge in [-0.2, -0.15) is 0 Å². The minimum atomic E-state index is -0.771. The van der Waals surface area contributed by atoms with E-state index in [1.165, 1.54) is 173 Å². The molecule has 0 saturated carbocycles. The van der Waals surface area contributed by atoms with Crippen molar-refractivity contribution in [2.45, 2.75) is 297 Å². The average molecular weight is 885 g/mol. The monoisotopic (exact) mass is 885 g/mol. The molecule has 0 amide bonds. The lowest BCUT2D eigenvalue weighted by atomic mass is 10.0. The van der Waals surface area contributed by atoms with Gasteiger partial charge < -0.3 is 14.2 Å². The Morgan fingerprint density at radius 2 is 0.571 bits per heavy atom. The van der Waals surface area contributed by atoms with E-state index in [-0.39, 0.29) is 31.1 Å². The number of carbonyl (C=O) groups is 3. The van der Waals surface area contributed by atoms with Gasteiger partial charge in [-0.05, 0) is 57.8 Å². The zero-order valence-electron chi connectivity index (χ0n) is 42.1. The van der Waals surface area contributed by atoms with Crippen LogP contribution in [0.4, 0.5) is 0 Å². The van der Waals surface area contributed by atoms with Crippen LogP contribution < -0.4 is 0 Å². The number of rotatable bonds is 50. The topological polar surface area (TPSA) is 78.9 Å². The molecule has 6 nitrogen and oxygen atoms in total. The third kappa shape index (κ3) is 50.5. The number of hydrogen-bond donors (Lipinski definition) is 0. The van der Waals surface area contributed by atoms with Gasteiger partial charge in [0.2, 0.25) is 0 Å². The Morgan fingerprint density at radius 3 is 0.921 bits per heavy atom. The third-order valence-electron chi connectivity index (χ3n) is 12.1. The molecule has 0 aliphatic rings. The van der Waals surface area contributed by atoms with E-state index in [1.807, 2.05) is 0 Å². The molecule has 1 atom stereocenters. The first-order valence-corrected chi connectivity index (χ1v) is 27.5. The van der Waals surface area contributed by atoms with E-state index in [2.05, 4.69) is 57.2 Å². The van der Waals surface area contributed by atoms with Crippen molar-refractivity contribution in [3.63, 3.8) is 0 Å². The van der Waals surface area contributed by atoms with Crippen LogP contribution in [-0.2, 0) is 28.6 Å². The minimum Gasteiger partial charge on any atom is -0.462 e. The fraction of sp³-hybridized carbons (Fsp3) is 0.842. The van der Waals surface area contributed by atoms with E-state index in [9.17, 15) is 14.4 Å². The molecular weight excluding hydrogens is 781 g/mol. The van der Waals surface area contributed by atoms with Gasteiger partial charge in [-0.15, -0.1) is 0 Å². The van der Waals surface area contributed by atoms with Gasteiger partial charge in [-0.1, -0.05) is 250 Å². The molecule has 0 fully saturated rings. The summed E-state index contributed by atoms with van der Waals surface area (Å²) in [6, 6.07) is 0. The summed E-state index contributed by atoms with van der Waals surface area (Å²) in [5.41, 5.74) is 0. The molecule has 0 radical (unpaired) electrons. The molecule has 1 unspecified atom stereocenters. The lowest BCUT2D eigenvalue weighted by molar-refractivity contribution is -0.167. The summed E-state index contributed by atoms with van der Waals surface area (Å²) in [6.07, 6.45) is 61.5. The van der Waals surface area contributed by atoms with Crippen molar-refractivity contribution in [3.05, 3.63) is 36.5 Å². The number of ether oxygens (including phenoxy) is 3. The van der Waals surface area contributed by atoms with E-state index in [4.69, 9.17) is 14.2 Å². The van der Waals surface area contributed by atoms with Crippen molar-refractivity contribution in [2.75, 3.05) is 13.2 Å². The van der Waals surface area contributed by atoms with Gasteiger partial charge in [0.1, 0.15) is 13.2 Å². The first-order chi connectivity index (χ1) is 31.0. The van der Waals surface area contributed by atoms with Crippen LogP contribution in [-0.4, -0.2) is 37.2 Å². The Kier molecular flexibility index (Phi) is 50.3. The molecule has 0 spiro atoms. The van der Waals surface area contributed by atoms with Crippen molar-refractivity contribution < 1.29 is 28.6 Å². The van der Waals surface area contributed by atoms with Gasteiger partial charge in [-0.3, -0.25) is 14.4 Å². The van der Waals surface area contributed by atoms with Crippen LogP contribution in [0.5, 0.6) is 0 Å². The molecule has 0 aliphatic carbocycles. The summed E-state index contributed by atoms with van der Waals surface area (Å²) in [5, 5.41) is 0. The number of unbranched alkanes of at least 4 members (excludes halogenated alkanes) is 33. The number of esters is 3. The summed E-state index contributed by atoms with van der Waals surface area (Å²) in [7, 11) is 0. The molecule has 0 heterocycles. The summed E-state index contributed by atoms with van der Waals surface area (Å²) >= 11 is 0. The maximum absolute atomic E-state index is 12.8. The van der Waals surface area contributed by atoms with Gasteiger partial charge >= 0.3 is 17.9 Å². The highest BCUT2D eigenvalue weighted by atomic mass is 16.6. The molecule has 0 aliphatic heterocycles. The number of allylic oxidation sites excluding steroid dienone is 6. The fourth-order valence-electron chi connectivity index (χ4n) is 7.98. The van der Waals surface area contributed by atoms with Crippen LogP contribution in [0.15, 0.2) is 36.5 Å². The van der Waals surface area contributed by atoms with Gasteiger partial charge in [-0.25, -0.2) is 0 Å². The lowest BCUT2D eigenvalue weighted by Crippen LogP contribution is -2.30. The molecule has 368 valence electrons. The van der Waals surface area contributed by atoms with E-state index < -0.39 is 6.10 Å². The molecule has 0 N–H and O–H groups in total. The molecule has 0 bridgehead atoms. The lowest BCUT2D eigenvalue weighted by Gasteiger charge is -2.18. The first kappa shape index (κ1) is 60.6. The van der Waals surface area contributed by atoms with Crippen LogP contribution in [0, 0.1) is 0 Å². The van der Waals surface area contributed by atoms with Gasteiger partial charge in [0.05, 0.1) is 0 Å². The first-order valence-electron chi connectivity index (χ1n) is 27.5. The maximum Gasteiger partial charge on any atom is 0.306 e. The van der Waals surface area contributed by atoms with Gasteiger partial charge in [0.15, 0.2) is 6.10 Å². The van der Waals surface area contributed by atoms with Crippen LogP contribution >= 0.6 is 0 Å². The fourth-order valence-corrected chi connectivity index (χ4v) is 7.98. The predicted molar refractivity (Wildman–Crippen MR) is 270 cm³/mol. The SMILES string of the molecule is CCCCC/C=C\C/C=C\C/C=C\CCCCCCCCC(=O)OCC(COC(=O)CCCCCCCCC)OC(=O)CCCCCCCCCCCCCCCCCCCCC. The third-order valence-corrected chi connectivity index (χ3v) is 12.1. The quantitative estimate of drug-likeness (QED) is 0.0262. The Morgan fingerprint density at radius 1 is 0.317 bits per heavy atom. The predicted octanol–water partition coefficient (Wildman–Crippen LogP) is 18.1. The zero-order chi connectivity index (χ0) is 45.8. The van der Waals surface area contributed by atoms with E-state index in [0.29, 0.717) is 19.3 Å². The zero-order valence-corrected chi connectivity index (χ0v) is 42.1. The minimum absolute atomic E-state index is 0.0731. The van der Waals surface area contributed by atoms with E-state index >= 15 is 0 Å². The molecule has 6 heteroatoms. The highest BCUT2D eigenvalue weighted by Gasteiger charge is 2.19. The Balaban J connectivity index is 4.21.